The smallest absolute Gasteiger partial charge is 0.251 e. The van der Waals surface area contributed by atoms with Crippen LogP contribution in [0.1, 0.15) is 15.9 Å². The van der Waals surface area contributed by atoms with Crippen LogP contribution in [0.3, 0.4) is 0 Å². The molecule has 0 bridgehead atoms. The van der Waals surface area contributed by atoms with Gasteiger partial charge in [0.05, 0.1) is 12.9 Å². The van der Waals surface area contributed by atoms with Crippen LogP contribution in [0.15, 0.2) is 48.5 Å². The van der Waals surface area contributed by atoms with Gasteiger partial charge in [0.2, 0.25) is 10.0 Å². The molecule has 1 amide bonds. The Morgan fingerprint density at radius 3 is 2.32 bits per heavy atom. The minimum Gasteiger partial charge on any atom is -0.497 e. The molecule has 0 unspecified atom stereocenters. The molecule has 0 aromatic heterocycles. The first-order valence-electron chi connectivity index (χ1n) is 7.54. The molecular weight excluding hydrogens is 347 g/mol. The summed E-state index contributed by atoms with van der Waals surface area (Å²) in [5.41, 5.74) is 1.06. The molecule has 2 aromatic rings. The lowest BCUT2D eigenvalue weighted by Gasteiger charge is -2.08. The van der Waals surface area contributed by atoms with Crippen LogP contribution < -0.4 is 14.8 Å². The van der Waals surface area contributed by atoms with Crippen molar-refractivity contribution in [2.75, 3.05) is 19.4 Å². The highest BCUT2D eigenvalue weighted by Crippen LogP contribution is 2.11. The first kappa shape index (κ1) is 18.9. The van der Waals surface area contributed by atoms with Crippen LogP contribution in [0.2, 0.25) is 0 Å². The minimum absolute atomic E-state index is 0.0242. The zero-order valence-electron chi connectivity index (χ0n) is 13.7. The Hall–Kier alpha value is -2.45. The summed E-state index contributed by atoms with van der Waals surface area (Å²) in [5, 5.41) is 2.55. The van der Waals surface area contributed by atoms with Crippen LogP contribution in [-0.2, 0) is 16.6 Å². The van der Waals surface area contributed by atoms with E-state index in [2.05, 4.69) is 10.0 Å². The fraction of sp³-hybridized carbons (Fsp3) is 0.235. The number of benzene rings is 2. The highest BCUT2D eigenvalue weighted by molar-refractivity contribution is 7.89. The molecule has 0 aliphatic carbocycles. The second kappa shape index (κ2) is 8.59. The summed E-state index contributed by atoms with van der Waals surface area (Å²) in [6, 6.07) is 12.0. The average molecular weight is 366 g/mol. The Balaban J connectivity index is 1.78. The van der Waals surface area contributed by atoms with Crippen molar-refractivity contribution < 1.29 is 22.3 Å². The first-order valence-corrected chi connectivity index (χ1v) is 9.19. The maximum atomic E-state index is 12.8. The van der Waals surface area contributed by atoms with Gasteiger partial charge in [-0.1, -0.05) is 12.1 Å². The summed E-state index contributed by atoms with van der Waals surface area (Å²) in [6.45, 7) is 0.0403. The number of amides is 1. The molecule has 134 valence electrons. The van der Waals surface area contributed by atoms with Crippen LogP contribution >= 0.6 is 0 Å². The Labute approximate surface area is 146 Å². The van der Waals surface area contributed by atoms with Gasteiger partial charge >= 0.3 is 0 Å². The van der Waals surface area contributed by atoms with Crippen LogP contribution in [0.5, 0.6) is 5.75 Å². The lowest BCUT2D eigenvalue weighted by molar-refractivity contribution is 0.0956. The molecule has 2 N–H and O–H groups in total. The van der Waals surface area contributed by atoms with Crippen LogP contribution in [0.25, 0.3) is 0 Å². The lowest BCUT2D eigenvalue weighted by Crippen LogP contribution is -2.34. The second-order valence-electron chi connectivity index (χ2n) is 5.25. The van der Waals surface area contributed by atoms with E-state index in [-0.39, 0.29) is 30.6 Å². The van der Waals surface area contributed by atoms with Gasteiger partial charge in [0, 0.05) is 18.7 Å². The van der Waals surface area contributed by atoms with Crippen molar-refractivity contribution in [2.24, 2.45) is 0 Å². The number of nitrogens with one attached hydrogen (secondary N) is 2. The third-order valence-electron chi connectivity index (χ3n) is 3.42. The molecule has 0 saturated carbocycles. The molecule has 2 rings (SSSR count). The predicted octanol–water partition coefficient (Wildman–Crippen LogP) is 1.68. The third kappa shape index (κ3) is 6.17. The van der Waals surface area contributed by atoms with E-state index in [9.17, 15) is 17.6 Å². The van der Waals surface area contributed by atoms with Gasteiger partial charge in [-0.15, -0.1) is 0 Å². The van der Waals surface area contributed by atoms with Crippen molar-refractivity contribution >= 4 is 15.9 Å². The zero-order chi connectivity index (χ0) is 18.3. The first-order chi connectivity index (χ1) is 11.9. The third-order valence-corrected chi connectivity index (χ3v) is 4.74. The predicted molar refractivity (Wildman–Crippen MR) is 92.4 cm³/mol. The van der Waals surface area contributed by atoms with Crippen molar-refractivity contribution in [3.05, 3.63) is 65.5 Å². The molecule has 0 aliphatic rings. The van der Waals surface area contributed by atoms with Gasteiger partial charge in [-0.2, -0.15) is 0 Å². The topological polar surface area (TPSA) is 84.5 Å². The molecule has 0 saturated heterocycles. The number of carbonyl (C=O) groups is 1. The van der Waals surface area contributed by atoms with Gasteiger partial charge in [0.15, 0.2) is 0 Å². The number of hydrogen-bond acceptors (Lipinski definition) is 4. The highest BCUT2D eigenvalue weighted by Gasteiger charge is 2.12. The summed E-state index contributed by atoms with van der Waals surface area (Å²) >= 11 is 0. The molecule has 0 radical (unpaired) electrons. The van der Waals surface area contributed by atoms with Crippen molar-refractivity contribution in [3.63, 3.8) is 0 Å². The van der Waals surface area contributed by atoms with E-state index in [0.717, 1.165) is 0 Å². The van der Waals surface area contributed by atoms with Gasteiger partial charge < -0.3 is 10.1 Å². The summed E-state index contributed by atoms with van der Waals surface area (Å²) in [5.74, 6) is -0.371. The van der Waals surface area contributed by atoms with Gasteiger partial charge in [-0.25, -0.2) is 17.5 Å². The van der Waals surface area contributed by atoms with E-state index in [1.54, 1.807) is 24.3 Å². The van der Waals surface area contributed by atoms with Crippen LogP contribution in [0, 0.1) is 5.82 Å². The molecule has 0 heterocycles. The van der Waals surface area contributed by atoms with E-state index in [0.29, 0.717) is 16.9 Å². The number of rotatable bonds is 8. The largest absolute Gasteiger partial charge is 0.497 e. The second-order valence-corrected chi connectivity index (χ2v) is 7.18. The molecule has 0 atom stereocenters. The summed E-state index contributed by atoms with van der Waals surface area (Å²) in [4.78, 5) is 11.9. The van der Waals surface area contributed by atoms with Crippen molar-refractivity contribution in [3.8, 4) is 5.75 Å². The Morgan fingerprint density at radius 1 is 1.08 bits per heavy atom. The molecule has 25 heavy (non-hydrogen) atoms. The molecule has 0 fully saturated rings. The van der Waals surface area contributed by atoms with E-state index >= 15 is 0 Å². The maximum Gasteiger partial charge on any atom is 0.251 e. The fourth-order valence-electron chi connectivity index (χ4n) is 2.01. The van der Waals surface area contributed by atoms with E-state index < -0.39 is 10.0 Å². The number of methoxy groups -OCH3 is 1. The highest BCUT2D eigenvalue weighted by atomic mass is 32.2. The summed E-state index contributed by atoms with van der Waals surface area (Å²) in [6.07, 6.45) is 0. The fourth-order valence-corrected chi connectivity index (χ4v) is 2.91. The SMILES string of the molecule is COc1ccc(C(=O)NCCS(=O)(=O)NCc2ccc(F)cc2)cc1. The number of sulfonamides is 1. The van der Waals surface area contributed by atoms with E-state index in [1.165, 1.54) is 31.4 Å². The Bertz CT molecular complexity index is 806. The number of hydrogen-bond donors (Lipinski definition) is 2. The quantitative estimate of drug-likeness (QED) is 0.745. The standard InChI is InChI=1S/C17H19FN2O4S/c1-24-16-8-4-14(5-9-16)17(21)19-10-11-25(22,23)20-12-13-2-6-15(18)7-3-13/h2-9,20H,10-12H2,1H3,(H,19,21). The summed E-state index contributed by atoms with van der Waals surface area (Å²) in [7, 11) is -2.03. The average Bonchev–Trinajstić information content (AvgIpc) is 2.61. The maximum absolute atomic E-state index is 12.8. The monoisotopic (exact) mass is 366 g/mol. The van der Waals surface area contributed by atoms with Gasteiger partial charge in [0.1, 0.15) is 11.6 Å². The normalized spacial score (nSPS) is 11.1. The van der Waals surface area contributed by atoms with Gasteiger partial charge in [0.25, 0.3) is 5.91 Å². The minimum atomic E-state index is -3.56. The van der Waals surface area contributed by atoms with Crippen molar-refractivity contribution in [1.29, 1.82) is 0 Å². The molecule has 8 heteroatoms. The lowest BCUT2D eigenvalue weighted by atomic mass is 10.2. The Morgan fingerprint density at radius 2 is 1.72 bits per heavy atom. The molecule has 2 aromatic carbocycles. The zero-order valence-corrected chi connectivity index (χ0v) is 14.5. The van der Waals surface area contributed by atoms with Crippen molar-refractivity contribution in [1.82, 2.24) is 10.0 Å². The van der Waals surface area contributed by atoms with E-state index in [4.69, 9.17) is 4.74 Å². The number of ether oxygens (including phenoxy) is 1. The van der Waals surface area contributed by atoms with E-state index in [1.807, 2.05) is 0 Å². The van der Waals surface area contributed by atoms with Gasteiger partial charge in [-0.3, -0.25) is 4.79 Å². The van der Waals surface area contributed by atoms with Crippen LogP contribution in [0.4, 0.5) is 4.39 Å². The van der Waals surface area contributed by atoms with Crippen LogP contribution in [-0.4, -0.2) is 33.7 Å². The molecule has 6 nitrogen and oxygen atoms in total. The van der Waals surface area contributed by atoms with Gasteiger partial charge in [-0.05, 0) is 42.0 Å². The number of halogens is 1. The molecular formula is C17H19FN2O4S. The molecule has 0 spiro atoms. The molecule has 0 aliphatic heterocycles. The Kier molecular flexibility index (Phi) is 6.49. The summed E-state index contributed by atoms with van der Waals surface area (Å²) < 4.78 is 44.0. The number of carbonyl (C=O) groups excluding carboxylic acids is 1. The van der Waals surface area contributed by atoms with Crippen molar-refractivity contribution in [2.45, 2.75) is 6.54 Å².